The lowest BCUT2D eigenvalue weighted by Gasteiger charge is -2.16. The lowest BCUT2D eigenvalue weighted by Crippen LogP contribution is -2.38. The number of aliphatic imine (C=N–C) groups is 1. The highest BCUT2D eigenvalue weighted by atomic mass is 127. The van der Waals surface area contributed by atoms with E-state index >= 15 is 0 Å². The number of hydrogen-bond acceptors (Lipinski definition) is 5. The van der Waals surface area contributed by atoms with E-state index in [1.807, 2.05) is 20.8 Å². The van der Waals surface area contributed by atoms with E-state index in [4.69, 9.17) is 4.74 Å². The predicted octanol–water partition coefficient (Wildman–Crippen LogP) is 4.05. The smallest absolute Gasteiger partial charge is 0.350 e. The van der Waals surface area contributed by atoms with E-state index < -0.39 is 0 Å². The number of carbonyl (C=O) groups excluding carboxylic acids is 1. The molecule has 1 aromatic heterocycles. The van der Waals surface area contributed by atoms with Crippen molar-refractivity contribution < 1.29 is 9.53 Å². The quantitative estimate of drug-likeness (QED) is 0.178. The van der Waals surface area contributed by atoms with Gasteiger partial charge in [0.15, 0.2) is 5.96 Å². The van der Waals surface area contributed by atoms with Crippen LogP contribution in [0.2, 0.25) is 0 Å². The topological polar surface area (TPSA) is 75.6 Å². The molecule has 148 valence electrons. The first-order chi connectivity index (χ1) is 12.0. The summed E-state index contributed by atoms with van der Waals surface area (Å²) >= 11 is 1.39. The molecular formula is C18H31IN4O2S. The van der Waals surface area contributed by atoms with E-state index in [-0.39, 0.29) is 36.0 Å². The minimum Gasteiger partial charge on any atom is -0.462 e. The molecule has 1 heterocycles. The van der Waals surface area contributed by atoms with Crippen molar-refractivity contribution in [1.82, 2.24) is 15.6 Å². The van der Waals surface area contributed by atoms with Crippen LogP contribution in [0.25, 0.3) is 0 Å². The normalized spacial score (nSPS) is 15.2. The summed E-state index contributed by atoms with van der Waals surface area (Å²) in [4.78, 5) is 21.7. The Bertz CT molecular complexity index is 602. The van der Waals surface area contributed by atoms with Gasteiger partial charge < -0.3 is 15.4 Å². The average Bonchev–Trinajstić information content (AvgIpc) is 3.31. The summed E-state index contributed by atoms with van der Waals surface area (Å²) in [6.07, 6.45) is 5.21. The van der Waals surface area contributed by atoms with E-state index in [1.54, 1.807) is 0 Å². The number of nitrogens with zero attached hydrogens (tertiary/aromatic N) is 2. The van der Waals surface area contributed by atoms with Gasteiger partial charge in [-0.1, -0.05) is 12.8 Å². The number of aryl methyl sites for hydroxylation is 1. The number of aromatic nitrogens is 1. The van der Waals surface area contributed by atoms with Gasteiger partial charge in [-0.2, -0.15) is 0 Å². The number of guanidine groups is 1. The molecule has 26 heavy (non-hydrogen) atoms. The van der Waals surface area contributed by atoms with Gasteiger partial charge in [-0.25, -0.2) is 9.78 Å². The van der Waals surface area contributed by atoms with Gasteiger partial charge in [-0.3, -0.25) is 4.99 Å². The fourth-order valence-electron chi connectivity index (χ4n) is 2.55. The van der Waals surface area contributed by atoms with Crippen molar-refractivity contribution in [3.63, 3.8) is 0 Å². The summed E-state index contributed by atoms with van der Waals surface area (Å²) in [5, 5.41) is 7.52. The molecule has 0 saturated heterocycles. The minimum atomic E-state index is -0.295. The standard InChI is InChI=1S/C18H30N4O2S.HI/c1-5-19-18(20-11-7-8-14-9-10-14)22-13(4)16-21-12(3)15(25-16)17(23)24-6-2;/h13-14H,5-11H2,1-4H3,(H2,19,20,22);1H. The molecular weight excluding hydrogens is 463 g/mol. The molecule has 1 aliphatic carbocycles. The Hall–Kier alpha value is -0.900. The lowest BCUT2D eigenvalue weighted by molar-refractivity contribution is 0.0531. The molecule has 0 bridgehead atoms. The van der Waals surface area contributed by atoms with Crippen LogP contribution in [0.5, 0.6) is 0 Å². The highest BCUT2D eigenvalue weighted by Gasteiger charge is 2.21. The third-order valence-electron chi connectivity index (χ3n) is 4.08. The summed E-state index contributed by atoms with van der Waals surface area (Å²) in [5.41, 5.74) is 0.721. The Balaban J connectivity index is 0.00000338. The number of esters is 1. The molecule has 0 spiro atoms. The number of halogens is 1. The molecule has 0 aliphatic heterocycles. The van der Waals surface area contributed by atoms with Crippen LogP contribution >= 0.6 is 35.3 Å². The molecule has 2 rings (SSSR count). The molecule has 1 saturated carbocycles. The Morgan fingerprint density at radius 1 is 1.42 bits per heavy atom. The van der Waals surface area contributed by atoms with Crippen molar-refractivity contribution in [3.8, 4) is 0 Å². The van der Waals surface area contributed by atoms with E-state index in [0.717, 1.165) is 42.1 Å². The summed E-state index contributed by atoms with van der Waals surface area (Å²) in [7, 11) is 0. The number of rotatable bonds is 9. The highest BCUT2D eigenvalue weighted by Crippen LogP contribution is 2.33. The Kier molecular flexibility index (Phi) is 10.4. The third-order valence-corrected chi connectivity index (χ3v) is 5.40. The van der Waals surface area contributed by atoms with Crippen LogP contribution in [0.1, 0.15) is 72.9 Å². The molecule has 0 radical (unpaired) electrons. The van der Waals surface area contributed by atoms with Crippen LogP contribution < -0.4 is 10.6 Å². The monoisotopic (exact) mass is 494 g/mol. The molecule has 1 atom stereocenters. The second-order valence-electron chi connectivity index (χ2n) is 6.40. The maximum absolute atomic E-state index is 12.0. The number of ether oxygens (including phenoxy) is 1. The number of nitrogens with one attached hydrogen (secondary N) is 2. The van der Waals surface area contributed by atoms with Gasteiger partial charge in [0.25, 0.3) is 0 Å². The van der Waals surface area contributed by atoms with Gasteiger partial charge in [0, 0.05) is 13.1 Å². The zero-order valence-corrected chi connectivity index (χ0v) is 19.3. The number of hydrogen-bond donors (Lipinski definition) is 2. The van der Waals surface area contributed by atoms with Gasteiger partial charge in [-0.05, 0) is 46.5 Å². The minimum absolute atomic E-state index is 0. The van der Waals surface area contributed by atoms with Gasteiger partial charge in [-0.15, -0.1) is 35.3 Å². The van der Waals surface area contributed by atoms with Crippen molar-refractivity contribution in [3.05, 3.63) is 15.6 Å². The molecule has 1 unspecified atom stereocenters. The molecule has 6 nitrogen and oxygen atoms in total. The fraction of sp³-hybridized carbons (Fsp3) is 0.722. The first-order valence-electron chi connectivity index (χ1n) is 9.24. The molecule has 0 aromatic carbocycles. The molecule has 1 fully saturated rings. The highest BCUT2D eigenvalue weighted by molar-refractivity contribution is 14.0. The van der Waals surface area contributed by atoms with Crippen LogP contribution in [0, 0.1) is 12.8 Å². The van der Waals surface area contributed by atoms with E-state index in [0.29, 0.717) is 11.5 Å². The van der Waals surface area contributed by atoms with Crippen molar-refractivity contribution in [2.45, 2.75) is 59.4 Å². The molecule has 8 heteroatoms. The SMILES string of the molecule is CCNC(=NCCCC1CC1)NC(C)c1nc(C)c(C(=O)OCC)s1.I. The predicted molar refractivity (Wildman–Crippen MR) is 118 cm³/mol. The first kappa shape index (κ1) is 23.1. The van der Waals surface area contributed by atoms with Crippen LogP contribution in [0.4, 0.5) is 0 Å². The molecule has 2 N–H and O–H groups in total. The van der Waals surface area contributed by atoms with Crippen LogP contribution in [0.15, 0.2) is 4.99 Å². The average molecular weight is 494 g/mol. The van der Waals surface area contributed by atoms with Gasteiger partial charge in [0.1, 0.15) is 9.88 Å². The van der Waals surface area contributed by atoms with Crippen LogP contribution in [-0.4, -0.2) is 36.6 Å². The van der Waals surface area contributed by atoms with Crippen molar-refractivity contribution in [2.24, 2.45) is 10.9 Å². The second-order valence-corrected chi connectivity index (χ2v) is 7.43. The zero-order valence-electron chi connectivity index (χ0n) is 16.1. The van der Waals surface area contributed by atoms with E-state index in [1.165, 1.54) is 30.6 Å². The van der Waals surface area contributed by atoms with Crippen molar-refractivity contribution in [1.29, 1.82) is 0 Å². The van der Waals surface area contributed by atoms with Crippen molar-refractivity contribution in [2.75, 3.05) is 19.7 Å². The largest absolute Gasteiger partial charge is 0.462 e. The maximum Gasteiger partial charge on any atom is 0.350 e. The van der Waals surface area contributed by atoms with Gasteiger partial charge >= 0.3 is 5.97 Å². The Morgan fingerprint density at radius 3 is 2.77 bits per heavy atom. The number of carbonyl (C=O) groups is 1. The maximum atomic E-state index is 12.0. The van der Waals surface area contributed by atoms with E-state index in [2.05, 4.69) is 27.5 Å². The van der Waals surface area contributed by atoms with Crippen LogP contribution in [-0.2, 0) is 4.74 Å². The summed E-state index contributed by atoms with van der Waals surface area (Å²) < 4.78 is 5.09. The van der Waals surface area contributed by atoms with Gasteiger partial charge in [0.2, 0.25) is 0 Å². The zero-order chi connectivity index (χ0) is 18.2. The van der Waals surface area contributed by atoms with E-state index in [9.17, 15) is 4.79 Å². The molecule has 1 aliphatic rings. The van der Waals surface area contributed by atoms with Crippen LogP contribution in [0.3, 0.4) is 0 Å². The number of thiazole rings is 1. The summed E-state index contributed by atoms with van der Waals surface area (Å²) in [5.74, 6) is 1.46. The Morgan fingerprint density at radius 2 is 2.15 bits per heavy atom. The lowest BCUT2D eigenvalue weighted by atomic mass is 10.2. The third kappa shape index (κ3) is 7.38. The second kappa shape index (κ2) is 11.7. The summed E-state index contributed by atoms with van der Waals surface area (Å²) in [6, 6.07) is -0.0203. The molecule has 0 amide bonds. The molecule has 1 aromatic rings. The van der Waals surface area contributed by atoms with Gasteiger partial charge in [0.05, 0.1) is 18.3 Å². The van der Waals surface area contributed by atoms with Crippen molar-refractivity contribution >= 4 is 47.2 Å². The fourth-order valence-corrected chi connectivity index (χ4v) is 3.52. The summed E-state index contributed by atoms with van der Waals surface area (Å²) in [6.45, 7) is 9.76. The Labute approximate surface area is 177 Å². The first-order valence-corrected chi connectivity index (χ1v) is 10.1.